The van der Waals surface area contributed by atoms with E-state index in [0.717, 1.165) is 57.8 Å². The van der Waals surface area contributed by atoms with Crippen molar-refractivity contribution in [3.63, 3.8) is 0 Å². The molecule has 0 bridgehead atoms. The molecule has 8 rings (SSSR count). The van der Waals surface area contributed by atoms with E-state index in [1.807, 2.05) is 128 Å². The fraction of sp³-hybridized carbons (Fsp3) is 0.347. The van der Waals surface area contributed by atoms with Gasteiger partial charge in [-0.15, -0.1) is 0 Å². The monoisotopic (exact) mass is 760 g/mol. The van der Waals surface area contributed by atoms with Gasteiger partial charge in [-0.1, -0.05) is 105 Å². The van der Waals surface area contributed by atoms with Crippen molar-refractivity contribution in [3.8, 4) is 0 Å². The first-order valence-corrected chi connectivity index (χ1v) is 20.8. The molecule has 2 heterocycles. The van der Waals surface area contributed by atoms with Crippen molar-refractivity contribution in [3.05, 3.63) is 138 Å². The first-order valence-electron chi connectivity index (χ1n) is 20.8. The van der Waals surface area contributed by atoms with Crippen molar-refractivity contribution < 1.29 is 9.59 Å². The summed E-state index contributed by atoms with van der Waals surface area (Å²) in [7, 11) is 4.12. The van der Waals surface area contributed by atoms with Crippen molar-refractivity contribution in [2.75, 3.05) is 42.4 Å². The molecular weight excluding hydrogens is 705 g/mol. The van der Waals surface area contributed by atoms with Crippen molar-refractivity contribution in [2.24, 2.45) is 11.8 Å². The number of pyridine rings is 2. The van der Waals surface area contributed by atoms with Gasteiger partial charge in [-0.2, -0.15) is 0 Å². The van der Waals surface area contributed by atoms with Gasteiger partial charge in [0, 0.05) is 49.2 Å². The summed E-state index contributed by atoms with van der Waals surface area (Å²) in [6.45, 7) is 3.90. The van der Waals surface area contributed by atoms with Crippen molar-refractivity contribution in [1.29, 1.82) is 0 Å². The van der Waals surface area contributed by atoms with Crippen LogP contribution in [0.3, 0.4) is 0 Å². The number of hydrogen-bond acceptors (Lipinski definition) is 6. The molecule has 6 aromatic rings. The fourth-order valence-corrected chi connectivity index (χ4v) is 8.56. The van der Waals surface area contributed by atoms with E-state index in [2.05, 4.69) is 38.3 Å². The molecule has 8 nitrogen and oxygen atoms in total. The number of amides is 2. The fourth-order valence-electron chi connectivity index (χ4n) is 8.56. The zero-order valence-electron chi connectivity index (χ0n) is 33.7. The van der Waals surface area contributed by atoms with Crippen LogP contribution >= 0.6 is 0 Å². The van der Waals surface area contributed by atoms with Gasteiger partial charge in [-0.25, -0.2) is 10.0 Å². The van der Waals surface area contributed by atoms with Gasteiger partial charge in [0.2, 0.25) is 0 Å². The third-order valence-corrected chi connectivity index (χ3v) is 11.5. The highest BCUT2D eigenvalue weighted by molar-refractivity contribution is 6.08. The molecule has 0 spiro atoms. The maximum Gasteiger partial charge on any atom is 0.272 e. The zero-order valence-corrected chi connectivity index (χ0v) is 33.7. The minimum absolute atomic E-state index is 0.0101. The van der Waals surface area contributed by atoms with Crippen LogP contribution in [0.2, 0.25) is 0 Å². The number of rotatable bonds is 10. The molecule has 4 aromatic carbocycles. The van der Waals surface area contributed by atoms with E-state index in [1.165, 1.54) is 64.2 Å². The lowest BCUT2D eigenvalue weighted by molar-refractivity contribution is 0.0895. The first kappa shape index (κ1) is 39.6. The number of para-hydroxylation sites is 3. The molecule has 2 aliphatic rings. The molecule has 2 saturated carbocycles. The third-order valence-electron chi connectivity index (χ3n) is 11.5. The quantitative estimate of drug-likeness (QED) is 0.140. The molecule has 2 aromatic heterocycles. The maximum atomic E-state index is 13.6. The van der Waals surface area contributed by atoms with E-state index in [9.17, 15) is 9.59 Å². The molecule has 294 valence electrons. The number of aryl methyl sites for hydroxylation is 1. The predicted octanol–water partition coefficient (Wildman–Crippen LogP) is 11.1. The highest BCUT2D eigenvalue weighted by Crippen LogP contribution is 2.30. The smallest absolute Gasteiger partial charge is 0.272 e. The first-order chi connectivity index (χ1) is 27.8. The van der Waals surface area contributed by atoms with Gasteiger partial charge in [0.25, 0.3) is 11.8 Å². The average Bonchev–Trinajstić information content (AvgIpc) is 3.24. The van der Waals surface area contributed by atoms with Crippen LogP contribution in [0.1, 0.15) is 90.5 Å². The summed E-state index contributed by atoms with van der Waals surface area (Å²) in [5.41, 5.74) is 6.87. The van der Waals surface area contributed by atoms with Gasteiger partial charge in [0.15, 0.2) is 0 Å². The number of carbonyl (C=O) groups excluding carboxylic acids is 2. The molecule has 0 unspecified atom stereocenters. The lowest BCUT2D eigenvalue weighted by atomic mass is 9.89. The van der Waals surface area contributed by atoms with E-state index in [0.29, 0.717) is 22.7 Å². The second-order valence-corrected chi connectivity index (χ2v) is 16.0. The number of fused-ring (bicyclic) bond motifs is 2. The van der Waals surface area contributed by atoms with Crippen LogP contribution in [-0.2, 0) is 0 Å². The number of aromatic nitrogens is 2. The molecule has 8 heteroatoms. The van der Waals surface area contributed by atoms with E-state index in [4.69, 9.17) is 0 Å². The van der Waals surface area contributed by atoms with E-state index in [1.54, 1.807) is 6.20 Å². The summed E-state index contributed by atoms with van der Waals surface area (Å²) in [5.74, 6) is 1.25. The number of hydrazine groups is 1. The van der Waals surface area contributed by atoms with Crippen LogP contribution in [0.25, 0.3) is 21.8 Å². The SMILES string of the molecule is CN(CC1CCCCC1)c1ccccc1C(=O)Nc1cnc2ccccc2c1.Cc1cccc(C(=O)N(c2cnc3ccccc3c2)N(C)CC2CCCCC2)c1. The second-order valence-electron chi connectivity index (χ2n) is 16.0. The molecule has 2 aliphatic carbocycles. The Morgan fingerprint density at radius 1 is 0.649 bits per heavy atom. The summed E-state index contributed by atoms with van der Waals surface area (Å²) < 4.78 is 0. The Labute approximate surface area is 337 Å². The number of nitrogens with zero attached hydrogens (tertiary/aromatic N) is 5. The molecule has 0 radical (unpaired) electrons. The Bertz CT molecular complexity index is 2280. The molecule has 2 fully saturated rings. The molecule has 2 amide bonds. The van der Waals surface area contributed by atoms with Gasteiger partial charge in [0.1, 0.15) is 0 Å². The normalized spacial score (nSPS) is 14.9. The molecule has 1 N–H and O–H groups in total. The lowest BCUT2D eigenvalue weighted by Crippen LogP contribution is -2.47. The van der Waals surface area contributed by atoms with Crippen molar-refractivity contribution >= 4 is 50.7 Å². The summed E-state index contributed by atoms with van der Waals surface area (Å²) in [5, 5.41) is 8.98. The number of benzene rings is 4. The van der Waals surface area contributed by atoms with Crippen LogP contribution in [-0.4, -0.2) is 54.0 Å². The second kappa shape index (κ2) is 19.0. The van der Waals surface area contributed by atoms with Crippen LogP contribution < -0.4 is 15.2 Å². The standard InChI is InChI=1S/C25H29N3O.C24H27N3O/c1-19-9-8-13-22(15-19)25(29)28(27(2)18-20-10-4-3-5-11-20)23-16-21-12-6-7-14-24(21)26-17-23;1-27(17-18-9-3-2-4-10-18)23-14-8-6-12-21(23)24(28)26-20-15-19-11-5-7-13-22(19)25-16-20/h6-9,12-17,20H,3-5,10-11,18H2,1-2H3;5-8,11-16,18H,2-4,9-10,17H2,1H3,(H,26,28). The topological polar surface area (TPSA) is 81.7 Å². The van der Waals surface area contributed by atoms with Gasteiger partial charge in [-0.3, -0.25) is 19.6 Å². The summed E-state index contributed by atoms with van der Waals surface area (Å²) >= 11 is 0. The highest BCUT2D eigenvalue weighted by atomic mass is 16.2. The van der Waals surface area contributed by atoms with Crippen LogP contribution in [0.5, 0.6) is 0 Å². The van der Waals surface area contributed by atoms with E-state index < -0.39 is 0 Å². The Kier molecular flexibility index (Phi) is 13.2. The third kappa shape index (κ3) is 10.2. The zero-order chi connectivity index (χ0) is 39.6. The minimum Gasteiger partial charge on any atom is -0.374 e. The summed E-state index contributed by atoms with van der Waals surface area (Å²) in [6, 6.07) is 35.7. The highest BCUT2D eigenvalue weighted by Gasteiger charge is 2.26. The molecule has 0 aliphatic heterocycles. The van der Waals surface area contributed by atoms with Gasteiger partial charge in [-0.05, 0) is 93.0 Å². The Morgan fingerprint density at radius 2 is 1.25 bits per heavy atom. The Hall–Kier alpha value is -5.60. The number of nitrogens with one attached hydrogen (secondary N) is 1. The van der Waals surface area contributed by atoms with Gasteiger partial charge < -0.3 is 10.2 Å². The van der Waals surface area contributed by atoms with E-state index >= 15 is 0 Å². The number of hydrogen-bond donors (Lipinski definition) is 1. The van der Waals surface area contributed by atoms with Crippen LogP contribution in [0.4, 0.5) is 17.1 Å². The molecule has 0 saturated heterocycles. The average molecular weight is 761 g/mol. The van der Waals surface area contributed by atoms with Crippen molar-refractivity contribution in [1.82, 2.24) is 15.0 Å². The largest absolute Gasteiger partial charge is 0.374 e. The van der Waals surface area contributed by atoms with Crippen molar-refractivity contribution in [2.45, 2.75) is 71.1 Å². The molecule has 57 heavy (non-hydrogen) atoms. The predicted molar refractivity (Wildman–Crippen MR) is 235 cm³/mol. The van der Waals surface area contributed by atoms with Gasteiger partial charge >= 0.3 is 0 Å². The Balaban J connectivity index is 0.000000174. The van der Waals surface area contributed by atoms with E-state index in [-0.39, 0.29) is 11.8 Å². The summed E-state index contributed by atoms with van der Waals surface area (Å²) in [4.78, 5) is 37.9. The molecular formula is C49H56N6O2. The Morgan fingerprint density at radius 3 is 1.93 bits per heavy atom. The number of carbonyl (C=O) groups is 2. The van der Waals surface area contributed by atoms with Crippen LogP contribution in [0.15, 0.2) is 122 Å². The summed E-state index contributed by atoms with van der Waals surface area (Å²) in [6.07, 6.45) is 16.5. The molecule has 0 atom stereocenters. The van der Waals surface area contributed by atoms with Gasteiger partial charge in [0.05, 0.1) is 40.4 Å². The number of anilines is 3. The lowest BCUT2D eigenvalue weighted by Gasteiger charge is -2.35. The van der Waals surface area contributed by atoms with Crippen LogP contribution in [0, 0.1) is 18.8 Å². The maximum absolute atomic E-state index is 13.6. The minimum atomic E-state index is -0.0943.